The first-order chi connectivity index (χ1) is 3.12. The van der Waals surface area contributed by atoms with Gasteiger partial charge in [0.25, 0.3) is 0 Å². The normalized spacial score (nSPS) is 18.9. The third kappa shape index (κ3) is 2.85. The molecule has 7 heavy (non-hydrogen) atoms. The van der Waals surface area contributed by atoms with E-state index in [-0.39, 0.29) is 6.54 Å². The van der Waals surface area contributed by atoms with Gasteiger partial charge < -0.3 is 10.8 Å². The number of hydrogen-bond donors (Lipinski definition) is 2. The van der Waals surface area contributed by atoms with Crippen molar-refractivity contribution in [1.29, 1.82) is 0 Å². The number of halogens is 1. The molecule has 0 bridgehead atoms. The minimum atomic E-state index is -1.17. The zero-order chi connectivity index (χ0) is 5.91. The largest absolute Gasteiger partial charge is 0.374 e. The van der Waals surface area contributed by atoms with E-state index in [0.29, 0.717) is 6.42 Å². The van der Waals surface area contributed by atoms with Crippen LogP contribution in [0.4, 0.5) is 0 Å². The van der Waals surface area contributed by atoms with Crippen molar-refractivity contribution >= 4 is 11.6 Å². The second-order valence-electron chi connectivity index (χ2n) is 1.48. The maximum Gasteiger partial charge on any atom is 0.150 e. The fourth-order valence-corrected chi connectivity index (χ4v) is 0.144. The van der Waals surface area contributed by atoms with Crippen LogP contribution in [0.5, 0.6) is 0 Å². The SMILES string of the molecule is CCC(O)(Cl)CN. The molecule has 0 aliphatic rings. The topological polar surface area (TPSA) is 46.2 Å². The third-order valence-electron chi connectivity index (χ3n) is 0.855. The first kappa shape index (κ1) is 7.21. The predicted molar refractivity (Wildman–Crippen MR) is 30.1 cm³/mol. The molecule has 0 saturated heterocycles. The Bertz CT molecular complexity index is 49.7. The average Bonchev–Trinajstić information content (AvgIpc) is 1.68. The highest BCUT2D eigenvalue weighted by atomic mass is 35.5. The Morgan fingerprint density at radius 2 is 2.29 bits per heavy atom. The van der Waals surface area contributed by atoms with E-state index in [1.807, 2.05) is 0 Å². The zero-order valence-corrected chi connectivity index (χ0v) is 5.07. The molecule has 0 spiro atoms. The van der Waals surface area contributed by atoms with Crippen molar-refractivity contribution in [3.05, 3.63) is 0 Å². The number of alkyl halides is 1. The fourth-order valence-electron chi connectivity index (χ4n) is 0.144. The van der Waals surface area contributed by atoms with Gasteiger partial charge in [0.05, 0.1) is 0 Å². The Balaban J connectivity index is 3.36. The second kappa shape index (κ2) is 2.50. The van der Waals surface area contributed by atoms with Crippen molar-refractivity contribution < 1.29 is 5.11 Å². The Morgan fingerprint density at radius 1 is 1.86 bits per heavy atom. The van der Waals surface area contributed by atoms with E-state index in [9.17, 15) is 0 Å². The lowest BCUT2D eigenvalue weighted by Crippen LogP contribution is -2.29. The van der Waals surface area contributed by atoms with Gasteiger partial charge in [0, 0.05) is 6.54 Å². The van der Waals surface area contributed by atoms with Gasteiger partial charge in [0.15, 0.2) is 0 Å². The van der Waals surface area contributed by atoms with Crippen LogP contribution in [0.1, 0.15) is 13.3 Å². The summed E-state index contributed by atoms with van der Waals surface area (Å²) in [5.74, 6) is 0. The molecule has 0 aliphatic carbocycles. The van der Waals surface area contributed by atoms with Crippen LogP contribution in [0.2, 0.25) is 0 Å². The number of rotatable bonds is 2. The molecule has 3 heteroatoms. The van der Waals surface area contributed by atoms with Gasteiger partial charge in [-0.05, 0) is 6.42 Å². The quantitative estimate of drug-likeness (QED) is 0.519. The van der Waals surface area contributed by atoms with E-state index in [0.717, 1.165) is 0 Å². The molecule has 0 aromatic rings. The molecule has 0 rings (SSSR count). The van der Waals surface area contributed by atoms with Gasteiger partial charge in [-0.2, -0.15) is 0 Å². The van der Waals surface area contributed by atoms with E-state index in [1.165, 1.54) is 0 Å². The maximum atomic E-state index is 8.77. The summed E-state index contributed by atoms with van der Waals surface area (Å²) in [4.78, 5) is 0. The zero-order valence-electron chi connectivity index (χ0n) is 4.32. The van der Waals surface area contributed by atoms with Gasteiger partial charge in [0.2, 0.25) is 0 Å². The summed E-state index contributed by atoms with van der Waals surface area (Å²) >= 11 is 5.34. The van der Waals surface area contributed by atoms with Gasteiger partial charge >= 0.3 is 0 Å². The summed E-state index contributed by atoms with van der Waals surface area (Å²) < 4.78 is 0. The molecule has 0 heterocycles. The highest BCUT2D eigenvalue weighted by molar-refractivity contribution is 6.22. The van der Waals surface area contributed by atoms with E-state index < -0.39 is 5.06 Å². The number of nitrogens with two attached hydrogens (primary N) is 1. The molecule has 2 nitrogen and oxygen atoms in total. The average molecular weight is 124 g/mol. The van der Waals surface area contributed by atoms with Crippen molar-refractivity contribution in [1.82, 2.24) is 0 Å². The predicted octanol–water partition coefficient (Wildman–Crippen LogP) is 0.283. The van der Waals surface area contributed by atoms with Crippen LogP contribution in [0.25, 0.3) is 0 Å². The van der Waals surface area contributed by atoms with Crippen LogP contribution in [0.15, 0.2) is 0 Å². The van der Waals surface area contributed by atoms with Gasteiger partial charge in [-0.1, -0.05) is 18.5 Å². The monoisotopic (exact) mass is 123 g/mol. The van der Waals surface area contributed by atoms with Crippen molar-refractivity contribution in [2.24, 2.45) is 5.73 Å². The molecule has 0 aliphatic heterocycles. The summed E-state index contributed by atoms with van der Waals surface area (Å²) in [7, 11) is 0. The van der Waals surface area contributed by atoms with Crippen LogP contribution in [0.3, 0.4) is 0 Å². The standard InChI is InChI=1S/C4H10ClNO/c1-2-4(5,7)3-6/h7H,2-3,6H2,1H3. The molecule has 0 amide bonds. The number of hydrogen-bond acceptors (Lipinski definition) is 2. The van der Waals surface area contributed by atoms with E-state index in [1.54, 1.807) is 6.92 Å². The molecular formula is C4H10ClNO. The van der Waals surface area contributed by atoms with Gasteiger partial charge in [-0.25, -0.2) is 0 Å². The highest BCUT2D eigenvalue weighted by Crippen LogP contribution is 2.11. The molecule has 0 fully saturated rings. The van der Waals surface area contributed by atoms with Crippen molar-refractivity contribution in [2.45, 2.75) is 18.4 Å². The Hall–Kier alpha value is 0.210. The molecule has 0 saturated carbocycles. The van der Waals surface area contributed by atoms with Crippen LogP contribution >= 0.6 is 11.6 Å². The smallest absolute Gasteiger partial charge is 0.150 e. The Labute approximate surface area is 48.3 Å². The fraction of sp³-hybridized carbons (Fsp3) is 1.00. The second-order valence-corrected chi connectivity index (χ2v) is 2.18. The lowest BCUT2D eigenvalue weighted by atomic mass is 10.3. The van der Waals surface area contributed by atoms with Crippen molar-refractivity contribution in [3.63, 3.8) is 0 Å². The summed E-state index contributed by atoms with van der Waals surface area (Å²) in [6, 6.07) is 0. The third-order valence-corrected chi connectivity index (χ3v) is 1.28. The maximum absolute atomic E-state index is 8.77. The molecule has 0 aromatic heterocycles. The molecule has 3 N–H and O–H groups in total. The lowest BCUT2D eigenvalue weighted by molar-refractivity contribution is 0.133. The molecule has 44 valence electrons. The molecule has 0 aromatic carbocycles. The molecular weight excluding hydrogens is 114 g/mol. The molecule has 1 atom stereocenters. The Morgan fingerprint density at radius 3 is 2.29 bits per heavy atom. The summed E-state index contributed by atoms with van der Waals surface area (Å²) in [6.07, 6.45) is 0.491. The van der Waals surface area contributed by atoms with Crippen LogP contribution in [-0.4, -0.2) is 16.7 Å². The lowest BCUT2D eigenvalue weighted by Gasteiger charge is -2.13. The van der Waals surface area contributed by atoms with E-state index in [2.05, 4.69) is 0 Å². The van der Waals surface area contributed by atoms with Crippen LogP contribution in [0, 0.1) is 0 Å². The van der Waals surface area contributed by atoms with Gasteiger partial charge in [0.1, 0.15) is 5.06 Å². The first-order valence-electron chi connectivity index (χ1n) is 2.24. The summed E-state index contributed by atoms with van der Waals surface area (Å²) in [5.41, 5.74) is 5.03. The van der Waals surface area contributed by atoms with Crippen molar-refractivity contribution in [2.75, 3.05) is 6.54 Å². The summed E-state index contributed by atoms with van der Waals surface area (Å²) in [6.45, 7) is 1.89. The van der Waals surface area contributed by atoms with Crippen LogP contribution < -0.4 is 5.73 Å². The van der Waals surface area contributed by atoms with E-state index in [4.69, 9.17) is 22.4 Å². The summed E-state index contributed by atoms with van der Waals surface area (Å²) in [5, 5.41) is 7.61. The van der Waals surface area contributed by atoms with Crippen LogP contribution in [-0.2, 0) is 0 Å². The van der Waals surface area contributed by atoms with Gasteiger partial charge in [-0.15, -0.1) is 0 Å². The molecule has 1 unspecified atom stereocenters. The number of aliphatic hydroxyl groups is 1. The van der Waals surface area contributed by atoms with Gasteiger partial charge in [-0.3, -0.25) is 0 Å². The highest BCUT2D eigenvalue weighted by Gasteiger charge is 2.16. The Kier molecular flexibility index (Phi) is 2.58. The van der Waals surface area contributed by atoms with E-state index >= 15 is 0 Å². The minimum Gasteiger partial charge on any atom is -0.374 e. The first-order valence-corrected chi connectivity index (χ1v) is 2.61. The van der Waals surface area contributed by atoms with Crippen molar-refractivity contribution in [3.8, 4) is 0 Å². The minimum absolute atomic E-state index is 0.116. The molecule has 0 radical (unpaired) electrons.